The van der Waals surface area contributed by atoms with Gasteiger partial charge in [0, 0.05) is 16.9 Å². The van der Waals surface area contributed by atoms with Crippen molar-refractivity contribution < 1.29 is 8.42 Å². The van der Waals surface area contributed by atoms with Gasteiger partial charge in [0.1, 0.15) is 0 Å². The maximum absolute atomic E-state index is 11.4. The molecule has 1 unspecified atom stereocenters. The van der Waals surface area contributed by atoms with Crippen molar-refractivity contribution in [3.63, 3.8) is 0 Å². The lowest BCUT2D eigenvalue weighted by Gasteiger charge is -2.09. The standard InChI is InChI=1S/C8H17ClO2S2/c1-7(2)13(10,11)5-4-12-8(3)6-9/h7-8H,4-6H2,1-3H3. The minimum atomic E-state index is -2.87. The second kappa shape index (κ2) is 6.14. The van der Waals surface area contributed by atoms with E-state index in [9.17, 15) is 8.42 Å². The molecule has 0 spiro atoms. The lowest BCUT2D eigenvalue weighted by atomic mass is 10.6. The molecule has 0 aromatic heterocycles. The van der Waals surface area contributed by atoms with Gasteiger partial charge in [0.05, 0.1) is 11.0 Å². The quantitative estimate of drug-likeness (QED) is 0.672. The Balaban J connectivity index is 3.78. The lowest BCUT2D eigenvalue weighted by molar-refractivity contribution is 0.589. The van der Waals surface area contributed by atoms with Gasteiger partial charge >= 0.3 is 0 Å². The van der Waals surface area contributed by atoms with Gasteiger partial charge in [0.15, 0.2) is 9.84 Å². The molecule has 1 atom stereocenters. The molecule has 0 aromatic carbocycles. The van der Waals surface area contributed by atoms with Crippen molar-refractivity contribution in [2.24, 2.45) is 0 Å². The maximum Gasteiger partial charge on any atom is 0.153 e. The van der Waals surface area contributed by atoms with E-state index in [1.165, 1.54) is 0 Å². The Bertz CT molecular complexity index is 224. The minimum absolute atomic E-state index is 0.260. The smallest absolute Gasteiger partial charge is 0.153 e. The van der Waals surface area contributed by atoms with Crippen LogP contribution in [0.15, 0.2) is 0 Å². The Hall–Kier alpha value is 0.590. The van der Waals surface area contributed by atoms with Crippen LogP contribution in [0.1, 0.15) is 20.8 Å². The molecule has 80 valence electrons. The number of alkyl halides is 1. The Morgan fingerprint density at radius 3 is 2.23 bits per heavy atom. The first-order valence-electron chi connectivity index (χ1n) is 4.29. The highest BCUT2D eigenvalue weighted by Crippen LogP contribution is 2.13. The van der Waals surface area contributed by atoms with Crippen LogP contribution in [-0.4, -0.2) is 36.3 Å². The molecule has 0 aromatic rings. The highest BCUT2D eigenvalue weighted by atomic mass is 35.5. The van der Waals surface area contributed by atoms with Gasteiger partial charge in [0.25, 0.3) is 0 Å². The second-order valence-electron chi connectivity index (χ2n) is 3.25. The number of sulfone groups is 1. The van der Waals surface area contributed by atoms with E-state index in [2.05, 4.69) is 0 Å². The largest absolute Gasteiger partial charge is 0.229 e. The van der Waals surface area contributed by atoms with Gasteiger partial charge < -0.3 is 0 Å². The lowest BCUT2D eigenvalue weighted by Crippen LogP contribution is -2.19. The van der Waals surface area contributed by atoms with Crippen molar-refractivity contribution in [3.8, 4) is 0 Å². The van der Waals surface area contributed by atoms with Crippen molar-refractivity contribution in [3.05, 3.63) is 0 Å². The summed E-state index contributed by atoms with van der Waals surface area (Å²) in [6.45, 7) is 5.43. The molecule has 0 aliphatic carbocycles. The van der Waals surface area contributed by atoms with Crippen LogP contribution in [0.3, 0.4) is 0 Å². The Morgan fingerprint density at radius 1 is 1.31 bits per heavy atom. The molecule has 0 bridgehead atoms. The highest BCUT2D eigenvalue weighted by molar-refractivity contribution is 8.01. The molecule has 0 amide bonds. The van der Waals surface area contributed by atoms with Gasteiger partial charge in [-0.1, -0.05) is 6.92 Å². The number of rotatable bonds is 6. The summed E-state index contributed by atoms with van der Waals surface area (Å²) < 4.78 is 22.7. The van der Waals surface area contributed by atoms with Gasteiger partial charge in [-0.2, -0.15) is 11.8 Å². The molecule has 0 saturated carbocycles. The molecule has 0 radical (unpaired) electrons. The zero-order valence-corrected chi connectivity index (χ0v) is 10.7. The molecule has 0 aliphatic rings. The van der Waals surface area contributed by atoms with Gasteiger partial charge in [-0.05, 0) is 13.8 Å². The monoisotopic (exact) mass is 244 g/mol. The van der Waals surface area contributed by atoms with Gasteiger partial charge in [-0.25, -0.2) is 8.42 Å². The maximum atomic E-state index is 11.4. The fourth-order valence-corrected chi connectivity index (χ4v) is 3.19. The Morgan fingerprint density at radius 2 is 1.85 bits per heavy atom. The predicted octanol–water partition coefficient (Wildman–Crippen LogP) is 2.17. The molecule has 0 saturated heterocycles. The van der Waals surface area contributed by atoms with Crippen LogP contribution in [0, 0.1) is 0 Å². The van der Waals surface area contributed by atoms with Crippen molar-refractivity contribution in [1.82, 2.24) is 0 Å². The molecular formula is C8H17ClO2S2. The van der Waals surface area contributed by atoms with Crippen molar-refractivity contribution in [1.29, 1.82) is 0 Å². The molecule has 0 heterocycles. The summed E-state index contributed by atoms with van der Waals surface area (Å²) in [7, 11) is -2.87. The van der Waals surface area contributed by atoms with Crippen LogP contribution < -0.4 is 0 Å². The average molecular weight is 245 g/mol. The summed E-state index contributed by atoms with van der Waals surface area (Å²) >= 11 is 7.20. The summed E-state index contributed by atoms with van der Waals surface area (Å²) in [6, 6.07) is 0. The fraction of sp³-hybridized carbons (Fsp3) is 1.00. The third-order valence-electron chi connectivity index (χ3n) is 1.71. The van der Waals surface area contributed by atoms with Crippen molar-refractivity contribution >= 4 is 33.2 Å². The zero-order valence-electron chi connectivity index (χ0n) is 8.29. The topological polar surface area (TPSA) is 34.1 Å². The summed E-state index contributed by atoms with van der Waals surface area (Å²) in [5.41, 5.74) is 0. The third-order valence-corrected chi connectivity index (χ3v) is 6.00. The van der Waals surface area contributed by atoms with Crippen LogP contribution in [0.5, 0.6) is 0 Å². The molecule has 13 heavy (non-hydrogen) atoms. The predicted molar refractivity (Wildman–Crippen MR) is 61.6 cm³/mol. The molecule has 2 nitrogen and oxygen atoms in total. The van der Waals surface area contributed by atoms with Gasteiger partial charge in [-0.3, -0.25) is 0 Å². The van der Waals surface area contributed by atoms with E-state index < -0.39 is 9.84 Å². The molecule has 0 N–H and O–H groups in total. The van der Waals surface area contributed by atoms with Crippen LogP contribution >= 0.6 is 23.4 Å². The average Bonchev–Trinajstić information content (AvgIpc) is 2.03. The summed E-state index contributed by atoms with van der Waals surface area (Å²) in [4.78, 5) is 0. The van der Waals surface area contributed by atoms with Crippen molar-refractivity contribution in [2.75, 3.05) is 17.4 Å². The van der Waals surface area contributed by atoms with E-state index in [1.54, 1.807) is 25.6 Å². The first kappa shape index (κ1) is 13.6. The molecule has 0 rings (SSSR count). The molecule has 0 fully saturated rings. The van der Waals surface area contributed by atoms with E-state index in [4.69, 9.17) is 11.6 Å². The zero-order chi connectivity index (χ0) is 10.5. The third kappa shape index (κ3) is 5.81. The van der Waals surface area contributed by atoms with E-state index >= 15 is 0 Å². The van der Waals surface area contributed by atoms with E-state index in [-0.39, 0.29) is 11.0 Å². The first-order valence-corrected chi connectivity index (χ1v) is 7.59. The van der Waals surface area contributed by atoms with E-state index in [0.717, 1.165) is 0 Å². The first-order chi connectivity index (χ1) is 5.90. The van der Waals surface area contributed by atoms with Gasteiger partial charge in [-0.15, -0.1) is 11.6 Å². The molecule has 5 heteroatoms. The number of hydrogen-bond acceptors (Lipinski definition) is 3. The summed E-state index contributed by atoms with van der Waals surface area (Å²) in [5.74, 6) is 1.48. The Labute approximate surface area is 90.3 Å². The summed E-state index contributed by atoms with van der Waals surface area (Å²) in [6.07, 6.45) is 0. The number of thioether (sulfide) groups is 1. The number of hydrogen-bond donors (Lipinski definition) is 0. The van der Waals surface area contributed by atoms with E-state index in [0.29, 0.717) is 16.9 Å². The van der Waals surface area contributed by atoms with Gasteiger partial charge in [0.2, 0.25) is 0 Å². The van der Waals surface area contributed by atoms with Crippen LogP contribution in [-0.2, 0) is 9.84 Å². The molecular weight excluding hydrogens is 228 g/mol. The van der Waals surface area contributed by atoms with Crippen molar-refractivity contribution in [2.45, 2.75) is 31.3 Å². The molecule has 0 aliphatic heterocycles. The fourth-order valence-electron chi connectivity index (χ4n) is 0.646. The van der Waals surface area contributed by atoms with E-state index in [1.807, 2.05) is 6.92 Å². The SMILES string of the molecule is CC(CCl)SCCS(=O)(=O)C(C)C. The van der Waals surface area contributed by atoms with Crippen LogP contribution in [0.4, 0.5) is 0 Å². The highest BCUT2D eigenvalue weighted by Gasteiger charge is 2.15. The second-order valence-corrected chi connectivity index (χ2v) is 7.78. The van der Waals surface area contributed by atoms with Crippen LogP contribution in [0.2, 0.25) is 0 Å². The van der Waals surface area contributed by atoms with Crippen LogP contribution in [0.25, 0.3) is 0 Å². The Kier molecular flexibility index (Phi) is 6.42. The normalized spacial score (nSPS) is 14.8. The number of halogens is 1. The summed E-state index contributed by atoms with van der Waals surface area (Å²) in [5, 5.41) is 0.0726. The minimum Gasteiger partial charge on any atom is -0.229 e.